The lowest BCUT2D eigenvalue weighted by atomic mass is 9.67. The molecular weight excluding hydrogens is 819 g/mol. The van der Waals surface area contributed by atoms with E-state index in [1.165, 1.54) is 60.0 Å². The summed E-state index contributed by atoms with van der Waals surface area (Å²) in [6, 6.07) is 77.4. The quantitative estimate of drug-likeness (QED) is 0.166. The van der Waals surface area contributed by atoms with E-state index in [1.54, 1.807) is 0 Å². The molecule has 1 aliphatic carbocycles. The second-order valence-corrected chi connectivity index (χ2v) is 22.6. The number of para-hydroxylation sites is 3. The summed E-state index contributed by atoms with van der Waals surface area (Å²) in [7, 11) is -2.06. The number of hydrogen-bond acceptors (Lipinski definition) is 3. The van der Waals surface area contributed by atoms with Gasteiger partial charge in [-0.15, -0.1) is 0 Å². The van der Waals surface area contributed by atoms with Crippen LogP contribution in [0.15, 0.2) is 212 Å². The Bertz CT molecular complexity index is 3930. The largest absolute Gasteiger partial charge is 0.309 e. The van der Waals surface area contributed by atoms with Crippen LogP contribution in [0.4, 0.5) is 0 Å². The van der Waals surface area contributed by atoms with Gasteiger partial charge in [-0.25, -0.2) is 4.98 Å². The van der Waals surface area contributed by atoms with E-state index in [-0.39, 0.29) is 0 Å². The number of rotatable bonds is 4. The van der Waals surface area contributed by atoms with Gasteiger partial charge in [-0.05, 0) is 80.2 Å². The number of fused-ring (bicyclic) bond motifs is 15. The monoisotopic (exact) mass is 859 g/mol. The average molecular weight is 860 g/mol. The maximum absolute atomic E-state index is 5.61. The molecule has 6 heteroatoms. The van der Waals surface area contributed by atoms with Gasteiger partial charge in [0.05, 0.1) is 27.5 Å². The lowest BCUT2D eigenvalue weighted by molar-refractivity contribution is 0.773. The Hall–Kier alpha value is -8.19. The van der Waals surface area contributed by atoms with Gasteiger partial charge in [0.15, 0.2) is 11.6 Å². The van der Waals surface area contributed by atoms with E-state index in [1.807, 2.05) is 6.07 Å². The molecule has 14 rings (SSSR count). The Balaban J connectivity index is 1.07. The Morgan fingerprint density at radius 1 is 0.379 bits per heavy atom. The van der Waals surface area contributed by atoms with Crippen molar-refractivity contribution >= 4 is 62.1 Å². The molecule has 12 aromatic rings. The van der Waals surface area contributed by atoms with Crippen molar-refractivity contribution in [3.8, 4) is 45.5 Å². The third-order valence-corrected chi connectivity index (χ3v) is 18.2. The molecule has 0 saturated carbocycles. The maximum Gasteiger partial charge on any atom is 0.238 e. The van der Waals surface area contributed by atoms with Crippen LogP contribution in [0.25, 0.3) is 89.2 Å². The highest BCUT2D eigenvalue weighted by Crippen LogP contribution is 2.59. The molecule has 0 atom stereocenters. The molecule has 4 heterocycles. The van der Waals surface area contributed by atoms with E-state index in [0.717, 1.165) is 44.1 Å². The fourth-order valence-corrected chi connectivity index (χ4v) is 15.1. The second-order valence-electron chi connectivity index (χ2n) is 18.3. The maximum atomic E-state index is 5.61. The highest BCUT2D eigenvalue weighted by atomic mass is 28.3. The van der Waals surface area contributed by atoms with Crippen LogP contribution in [-0.2, 0) is 5.41 Å². The van der Waals surface area contributed by atoms with Crippen LogP contribution in [0.2, 0.25) is 13.1 Å². The van der Waals surface area contributed by atoms with E-state index in [0.29, 0.717) is 17.6 Å². The number of nitrogens with zero attached hydrogens (tertiary/aromatic N) is 5. The zero-order chi connectivity index (χ0) is 43.7. The van der Waals surface area contributed by atoms with E-state index in [9.17, 15) is 0 Å². The lowest BCUT2D eigenvalue weighted by Crippen LogP contribution is -2.63. The minimum atomic E-state index is -2.06. The summed E-state index contributed by atoms with van der Waals surface area (Å²) in [6.45, 7) is 5.02. The molecular formula is C60H41N5Si. The van der Waals surface area contributed by atoms with Crippen LogP contribution in [0.3, 0.4) is 0 Å². The zero-order valence-electron chi connectivity index (χ0n) is 36.4. The Kier molecular flexibility index (Phi) is 7.70. The van der Waals surface area contributed by atoms with Crippen molar-refractivity contribution in [2.45, 2.75) is 18.5 Å². The minimum Gasteiger partial charge on any atom is -0.309 e. The minimum absolute atomic E-state index is 0.507. The Labute approximate surface area is 383 Å². The van der Waals surface area contributed by atoms with Gasteiger partial charge in [0.2, 0.25) is 5.95 Å². The van der Waals surface area contributed by atoms with E-state index < -0.39 is 13.5 Å². The van der Waals surface area contributed by atoms with Crippen LogP contribution in [0, 0.1) is 0 Å². The molecule has 2 aliphatic rings. The van der Waals surface area contributed by atoms with Crippen molar-refractivity contribution in [1.82, 2.24) is 24.1 Å². The summed E-state index contributed by atoms with van der Waals surface area (Å²) in [5.41, 5.74) is 14.7. The molecule has 9 aromatic carbocycles. The molecule has 5 nitrogen and oxygen atoms in total. The van der Waals surface area contributed by atoms with Crippen LogP contribution in [0.5, 0.6) is 0 Å². The van der Waals surface area contributed by atoms with Gasteiger partial charge in [-0.3, -0.25) is 4.57 Å². The fraction of sp³-hybridized carbons (Fsp3) is 0.0500. The molecule has 66 heavy (non-hydrogen) atoms. The molecule has 0 fully saturated rings. The first-order valence-electron chi connectivity index (χ1n) is 22.8. The number of hydrogen-bond donors (Lipinski definition) is 0. The fourth-order valence-electron chi connectivity index (χ4n) is 11.9. The summed E-state index contributed by atoms with van der Waals surface area (Å²) in [6.07, 6.45) is 0. The molecule has 0 N–H and O–H groups in total. The topological polar surface area (TPSA) is 48.5 Å². The van der Waals surface area contributed by atoms with Gasteiger partial charge in [0.25, 0.3) is 0 Å². The molecule has 0 amide bonds. The van der Waals surface area contributed by atoms with Crippen molar-refractivity contribution in [2.75, 3.05) is 0 Å². The van der Waals surface area contributed by atoms with Gasteiger partial charge >= 0.3 is 0 Å². The molecule has 3 aromatic heterocycles. The predicted molar refractivity (Wildman–Crippen MR) is 273 cm³/mol. The van der Waals surface area contributed by atoms with Gasteiger partial charge in [0.1, 0.15) is 8.07 Å². The van der Waals surface area contributed by atoms with Gasteiger partial charge in [0, 0.05) is 38.4 Å². The zero-order valence-corrected chi connectivity index (χ0v) is 37.4. The Morgan fingerprint density at radius 3 is 1.56 bits per heavy atom. The normalized spacial score (nSPS) is 14.2. The SMILES string of the molecule is C[Si]1(C)c2ccccc2C2(c3ccccc3-c3c(-c4nc(-c5ccccc5)nc(-n5c6ccccc6c6cc7c(cc65)c5ccccc5n7-c5ccccc5)n4)cccc32)c2ccccc21. The highest BCUT2D eigenvalue weighted by Gasteiger charge is 2.54. The standard InChI is InChI=1S/C60H41N5Si/c1-66(2)54-34-17-13-29-47(54)60(48-30-14-18-35-55(48)66)46-28-12-9-26-42(46)56-43(27-19-31-49(56)60)58-61-57(38-20-5-3-6-21-38)62-59(63-58)65-51-33-16-11-25-41(51)45-36-52-44(37-53(45)65)40-24-10-15-32-50(40)64(52)39-22-7-4-8-23-39/h3-37H,1-2H3. The van der Waals surface area contributed by atoms with Crippen LogP contribution >= 0.6 is 0 Å². The summed E-state index contributed by atoms with van der Waals surface area (Å²) in [5.74, 6) is 1.85. The lowest BCUT2D eigenvalue weighted by Gasteiger charge is -2.45. The smallest absolute Gasteiger partial charge is 0.238 e. The summed E-state index contributed by atoms with van der Waals surface area (Å²) < 4.78 is 4.65. The average Bonchev–Trinajstić information content (AvgIpc) is 3.99. The van der Waals surface area contributed by atoms with E-state index in [2.05, 4.69) is 228 Å². The van der Waals surface area contributed by atoms with Crippen LogP contribution in [0.1, 0.15) is 22.3 Å². The van der Waals surface area contributed by atoms with Gasteiger partial charge in [-0.1, -0.05) is 189 Å². The third kappa shape index (κ3) is 4.91. The van der Waals surface area contributed by atoms with E-state index in [4.69, 9.17) is 15.0 Å². The number of aromatic nitrogens is 5. The third-order valence-electron chi connectivity index (χ3n) is 14.7. The molecule has 0 unspecified atom stereocenters. The summed E-state index contributed by atoms with van der Waals surface area (Å²) >= 11 is 0. The summed E-state index contributed by atoms with van der Waals surface area (Å²) in [5, 5.41) is 7.61. The van der Waals surface area contributed by atoms with Gasteiger partial charge in [-0.2, -0.15) is 9.97 Å². The molecule has 0 radical (unpaired) electrons. The summed E-state index contributed by atoms with van der Waals surface area (Å²) in [4.78, 5) is 16.4. The highest BCUT2D eigenvalue weighted by molar-refractivity contribution is 7.01. The van der Waals surface area contributed by atoms with Crippen molar-refractivity contribution < 1.29 is 0 Å². The first kappa shape index (κ1) is 37.2. The van der Waals surface area contributed by atoms with Crippen molar-refractivity contribution in [2.24, 2.45) is 0 Å². The van der Waals surface area contributed by atoms with Crippen LogP contribution in [-0.4, -0.2) is 32.2 Å². The van der Waals surface area contributed by atoms with E-state index >= 15 is 0 Å². The Morgan fingerprint density at radius 2 is 0.879 bits per heavy atom. The molecule has 0 bridgehead atoms. The first-order valence-corrected chi connectivity index (χ1v) is 25.8. The number of benzene rings is 9. The first-order chi connectivity index (χ1) is 32.5. The van der Waals surface area contributed by atoms with Gasteiger partial charge < -0.3 is 4.57 Å². The van der Waals surface area contributed by atoms with Crippen molar-refractivity contribution in [1.29, 1.82) is 0 Å². The predicted octanol–water partition coefficient (Wildman–Crippen LogP) is 12.9. The van der Waals surface area contributed by atoms with Crippen molar-refractivity contribution in [3.63, 3.8) is 0 Å². The molecule has 1 spiro atoms. The second kappa shape index (κ2) is 13.7. The molecule has 0 saturated heterocycles. The molecule has 1 aliphatic heterocycles. The van der Waals surface area contributed by atoms with Crippen LogP contribution < -0.4 is 10.4 Å². The van der Waals surface area contributed by atoms with Crippen molar-refractivity contribution in [3.05, 3.63) is 235 Å². The molecule has 310 valence electrons.